The Bertz CT molecular complexity index is 894. The van der Waals surface area contributed by atoms with E-state index in [4.69, 9.17) is 17.0 Å². The third kappa shape index (κ3) is 6.05. The maximum absolute atomic E-state index is 12.8. The lowest BCUT2D eigenvalue weighted by molar-refractivity contribution is 0.102. The molecule has 1 unspecified atom stereocenters. The average molecular weight is 438 g/mol. The van der Waals surface area contributed by atoms with Crippen molar-refractivity contribution in [3.05, 3.63) is 59.7 Å². The van der Waals surface area contributed by atoms with Gasteiger partial charge < -0.3 is 15.4 Å². The van der Waals surface area contributed by atoms with Crippen molar-refractivity contribution in [3.8, 4) is 5.75 Å². The Morgan fingerprint density at radius 3 is 2.61 bits per heavy atom. The molecule has 2 saturated heterocycles. The third-order valence-corrected chi connectivity index (χ3v) is 6.38. The number of thiocarbonyl (C=S) groups is 1. The summed E-state index contributed by atoms with van der Waals surface area (Å²) in [6.07, 6.45) is 6.93. The van der Waals surface area contributed by atoms with Crippen molar-refractivity contribution in [1.82, 2.24) is 10.2 Å². The first kappa shape index (κ1) is 21.8. The molecule has 0 aliphatic carbocycles. The molecule has 0 saturated carbocycles. The minimum Gasteiger partial charge on any atom is -0.492 e. The number of nitrogens with zero attached hydrogens (tertiary/aromatic N) is 1. The summed E-state index contributed by atoms with van der Waals surface area (Å²) >= 11 is 5.36. The fourth-order valence-corrected chi connectivity index (χ4v) is 4.61. The van der Waals surface area contributed by atoms with E-state index in [1.54, 1.807) is 0 Å². The van der Waals surface area contributed by atoms with Crippen molar-refractivity contribution in [2.75, 3.05) is 31.6 Å². The summed E-state index contributed by atoms with van der Waals surface area (Å²) < 4.78 is 5.88. The Labute approximate surface area is 190 Å². The molecule has 1 amide bonds. The minimum absolute atomic E-state index is 0.120. The minimum atomic E-state index is -0.120. The molecule has 1 atom stereocenters. The number of likely N-dealkylation sites (tertiary alicyclic amines) is 1. The number of hydrogen-bond acceptors (Lipinski definition) is 4. The molecular formula is C25H31N3O2S. The maximum Gasteiger partial charge on any atom is 0.255 e. The van der Waals surface area contributed by atoms with E-state index in [9.17, 15) is 4.79 Å². The number of rotatable bonds is 7. The first-order chi connectivity index (χ1) is 15.2. The van der Waals surface area contributed by atoms with Gasteiger partial charge in [-0.15, -0.1) is 0 Å². The highest BCUT2D eigenvalue weighted by Gasteiger charge is 2.21. The van der Waals surface area contributed by atoms with Crippen molar-refractivity contribution in [1.29, 1.82) is 0 Å². The van der Waals surface area contributed by atoms with Gasteiger partial charge in [0, 0.05) is 17.8 Å². The van der Waals surface area contributed by atoms with Crippen molar-refractivity contribution in [3.63, 3.8) is 0 Å². The van der Waals surface area contributed by atoms with Crippen molar-refractivity contribution < 1.29 is 9.53 Å². The zero-order valence-corrected chi connectivity index (χ0v) is 18.8. The summed E-state index contributed by atoms with van der Waals surface area (Å²) in [6.45, 7) is 3.98. The van der Waals surface area contributed by atoms with Crippen molar-refractivity contribution >= 4 is 28.8 Å². The molecule has 2 heterocycles. The number of nitrogens with one attached hydrogen (secondary N) is 2. The number of carbonyl (C=O) groups excluding carboxylic acids is 1. The molecule has 2 fully saturated rings. The van der Waals surface area contributed by atoms with Crippen LogP contribution in [0.15, 0.2) is 48.5 Å². The summed E-state index contributed by atoms with van der Waals surface area (Å²) in [6, 6.07) is 15.5. The SMILES string of the molecule is O=C(Nc1ccccc1C1CCCC(=S)N1)c1ccc(OCCN2CCCCC2)cc1. The van der Waals surface area contributed by atoms with Gasteiger partial charge in [-0.25, -0.2) is 0 Å². The number of piperidine rings is 2. The van der Waals surface area contributed by atoms with Crippen LogP contribution < -0.4 is 15.4 Å². The van der Waals surface area contributed by atoms with Crippen LogP contribution in [0.5, 0.6) is 5.75 Å². The van der Waals surface area contributed by atoms with Gasteiger partial charge in [-0.1, -0.05) is 36.8 Å². The second-order valence-electron chi connectivity index (χ2n) is 8.33. The van der Waals surface area contributed by atoms with Gasteiger partial charge >= 0.3 is 0 Å². The number of benzene rings is 2. The summed E-state index contributed by atoms with van der Waals surface area (Å²) in [7, 11) is 0. The van der Waals surface area contributed by atoms with Gasteiger partial charge in [-0.3, -0.25) is 9.69 Å². The van der Waals surface area contributed by atoms with E-state index < -0.39 is 0 Å². The van der Waals surface area contributed by atoms with Gasteiger partial charge in [0.1, 0.15) is 12.4 Å². The lowest BCUT2D eigenvalue weighted by Gasteiger charge is -2.27. The van der Waals surface area contributed by atoms with Crippen LogP contribution in [-0.2, 0) is 0 Å². The summed E-state index contributed by atoms with van der Waals surface area (Å²) in [5.74, 6) is 0.680. The number of carbonyl (C=O) groups is 1. The normalized spacial score (nSPS) is 19.5. The van der Waals surface area contributed by atoms with Crippen LogP contribution in [0.25, 0.3) is 0 Å². The summed E-state index contributed by atoms with van der Waals surface area (Å²) in [5, 5.41) is 6.47. The van der Waals surface area contributed by atoms with Crippen LogP contribution in [0.4, 0.5) is 5.69 Å². The Morgan fingerprint density at radius 1 is 1.06 bits per heavy atom. The van der Waals surface area contributed by atoms with Crippen LogP contribution >= 0.6 is 12.2 Å². The summed E-state index contributed by atoms with van der Waals surface area (Å²) in [4.78, 5) is 16.2. The van der Waals surface area contributed by atoms with E-state index >= 15 is 0 Å². The topological polar surface area (TPSA) is 53.6 Å². The quantitative estimate of drug-likeness (QED) is 0.601. The van der Waals surface area contributed by atoms with Crippen LogP contribution in [0.1, 0.15) is 60.5 Å². The highest BCUT2D eigenvalue weighted by Crippen LogP contribution is 2.30. The number of para-hydroxylation sites is 1. The first-order valence-corrected chi connectivity index (χ1v) is 11.7. The molecule has 31 heavy (non-hydrogen) atoms. The molecule has 4 rings (SSSR count). The molecule has 0 aromatic heterocycles. The van der Waals surface area contributed by atoms with Gasteiger partial charge in [0.05, 0.1) is 11.0 Å². The molecule has 2 aliphatic heterocycles. The molecule has 0 bridgehead atoms. The Kier molecular flexibility index (Phi) is 7.54. The van der Waals surface area contributed by atoms with E-state index in [1.807, 2.05) is 42.5 Å². The molecule has 5 nitrogen and oxygen atoms in total. The summed E-state index contributed by atoms with van der Waals surface area (Å²) in [5.41, 5.74) is 2.53. The van der Waals surface area contributed by atoms with Crippen molar-refractivity contribution in [2.24, 2.45) is 0 Å². The predicted octanol–water partition coefficient (Wildman–Crippen LogP) is 4.95. The van der Waals surface area contributed by atoms with Crippen LogP contribution in [0.3, 0.4) is 0 Å². The smallest absolute Gasteiger partial charge is 0.255 e. The highest BCUT2D eigenvalue weighted by atomic mass is 32.1. The largest absolute Gasteiger partial charge is 0.492 e. The van der Waals surface area contributed by atoms with E-state index in [1.165, 1.54) is 32.4 Å². The van der Waals surface area contributed by atoms with Gasteiger partial charge in [-0.05, 0) is 81.1 Å². The number of ether oxygens (including phenoxy) is 1. The second-order valence-corrected chi connectivity index (χ2v) is 8.82. The van der Waals surface area contributed by atoms with E-state index in [0.717, 1.165) is 47.8 Å². The second kappa shape index (κ2) is 10.7. The molecule has 2 aliphatic rings. The zero-order valence-electron chi connectivity index (χ0n) is 17.9. The molecule has 2 N–H and O–H groups in total. The number of hydrogen-bond donors (Lipinski definition) is 2. The van der Waals surface area contributed by atoms with Gasteiger partial charge in [-0.2, -0.15) is 0 Å². The Balaban J connectivity index is 1.33. The third-order valence-electron chi connectivity index (χ3n) is 6.06. The lowest BCUT2D eigenvalue weighted by atomic mass is 9.96. The van der Waals surface area contributed by atoms with E-state index in [2.05, 4.69) is 21.6 Å². The fourth-order valence-electron chi connectivity index (χ4n) is 4.33. The number of anilines is 1. The van der Waals surface area contributed by atoms with Crippen LogP contribution in [0, 0.1) is 0 Å². The fraction of sp³-hybridized carbons (Fsp3) is 0.440. The highest BCUT2D eigenvalue weighted by molar-refractivity contribution is 7.80. The Morgan fingerprint density at radius 2 is 1.84 bits per heavy atom. The van der Waals surface area contributed by atoms with Crippen LogP contribution in [-0.4, -0.2) is 42.0 Å². The molecule has 164 valence electrons. The van der Waals surface area contributed by atoms with Gasteiger partial charge in [0.25, 0.3) is 5.91 Å². The zero-order chi connectivity index (χ0) is 21.5. The van der Waals surface area contributed by atoms with Gasteiger partial charge in [0.2, 0.25) is 0 Å². The Hall–Kier alpha value is -2.44. The standard InChI is InChI=1S/C25H31N3O2S/c29-25(27-23-8-3-2-7-21(23)22-9-6-10-24(31)26-22)19-11-13-20(14-12-19)30-18-17-28-15-4-1-5-16-28/h2-3,7-8,11-14,22H,1,4-6,9-10,15-18H2,(H,26,31)(H,27,29). The molecule has 2 aromatic carbocycles. The monoisotopic (exact) mass is 437 g/mol. The first-order valence-electron chi connectivity index (χ1n) is 11.3. The van der Waals surface area contributed by atoms with E-state index in [0.29, 0.717) is 12.2 Å². The molecule has 2 aromatic rings. The molecule has 0 spiro atoms. The average Bonchev–Trinajstić information content (AvgIpc) is 2.80. The van der Waals surface area contributed by atoms with Crippen molar-refractivity contribution in [2.45, 2.75) is 44.6 Å². The number of amides is 1. The van der Waals surface area contributed by atoms with E-state index in [-0.39, 0.29) is 11.9 Å². The lowest BCUT2D eigenvalue weighted by Crippen LogP contribution is -2.33. The molecule has 6 heteroatoms. The molecule has 0 radical (unpaired) electrons. The van der Waals surface area contributed by atoms with Crippen LogP contribution in [0.2, 0.25) is 0 Å². The maximum atomic E-state index is 12.8. The predicted molar refractivity (Wildman–Crippen MR) is 129 cm³/mol. The van der Waals surface area contributed by atoms with Gasteiger partial charge in [0.15, 0.2) is 0 Å². The molecular weight excluding hydrogens is 406 g/mol.